The lowest BCUT2D eigenvalue weighted by Gasteiger charge is -2.15. The van der Waals surface area contributed by atoms with Crippen LogP contribution in [0.5, 0.6) is 5.75 Å². The van der Waals surface area contributed by atoms with Gasteiger partial charge in [0.15, 0.2) is 11.6 Å². The first-order chi connectivity index (χ1) is 11.5. The van der Waals surface area contributed by atoms with Crippen molar-refractivity contribution in [3.8, 4) is 5.75 Å². The van der Waals surface area contributed by atoms with Crippen molar-refractivity contribution in [1.29, 1.82) is 0 Å². The molecule has 0 heterocycles. The van der Waals surface area contributed by atoms with Crippen molar-refractivity contribution in [2.45, 2.75) is 13.0 Å². The molecule has 0 unspecified atom stereocenters. The van der Waals surface area contributed by atoms with Gasteiger partial charge in [0.1, 0.15) is 11.9 Å². The standard InChI is InChI=1S/C19H14O5/c1-11(19(22)23)24-13-8-6-12(7-9-13)10-16-17(20)14-4-2-3-5-15(14)18(16)21/h2-11H,1H3,(H,22,23)/p-1/t11-/m0/s1. The predicted octanol–water partition coefficient (Wildman–Crippen LogP) is 1.67. The van der Waals surface area contributed by atoms with E-state index in [0.29, 0.717) is 22.4 Å². The molecule has 0 bridgehead atoms. The largest absolute Gasteiger partial charge is 0.546 e. The van der Waals surface area contributed by atoms with Crippen LogP contribution < -0.4 is 9.84 Å². The summed E-state index contributed by atoms with van der Waals surface area (Å²) in [7, 11) is 0. The number of ketones is 2. The van der Waals surface area contributed by atoms with Gasteiger partial charge in [-0.15, -0.1) is 0 Å². The highest BCUT2D eigenvalue weighted by molar-refractivity contribution is 6.41. The number of benzene rings is 2. The smallest absolute Gasteiger partial charge is 0.197 e. The molecular weight excluding hydrogens is 308 g/mol. The molecule has 120 valence electrons. The second kappa shape index (κ2) is 6.12. The van der Waals surface area contributed by atoms with Crippen molar-refractivity contribution in [1.82, 2.24) is 0 Å². The van der Waals surface area contributed by atoms with Crippen molar-refractivity contribution in [3.05, 3.63) is 70.8 Å². The molecule has 0 N–H and O–H groups in total. The number of allylic oxidation sites excluding steroid dienone is 1. The van der Waals surface area contributed by atoms with Crippen molar-refractivity contribution < 1.29 is 24.2 Å². The number of hydrogen-bond acceptors (Lipinski definition) is 5. The molecule has 3 rings (SSSR count). The fourth-order valence-corrected chi connectivity index (χ4v) is 2.47. The Morgan fingerprint density at radius 1 is 1.00 bits per heavy atom. The number of hydrogen-bond donors (Lipinski definition) is 0. The Morgan fingerprint density at radius 2 is 1.54 bits per heavy atom. The van der Waals surface area contributed by atoms with Crippen LogP contribution in [0.3, 0.4) is 0 Å². The van der Waals surface area contributed by atoms with Crippen molar-refractivity contribution in [3.63, 3.8) is 0 Å². The lowest BCUT2D eigenvalue weighted by Crippen LogP contribution is -2.37. The third-order valence-electron chi connectivity index (χ3n) is 3.74. The first-order valence-electron chi connectivity index (χ1n) is 7.35. The van der Waals surface area contributed by atoms with E-state index in [9.17, 15) is 19.5 Å². The highest BCUT2D eigenvalue weighted by atomic mass is 16.5. The number of carboxylic acid groups (broad SMARTS) is 1. The van der Waals surface area contributed by atoms with Crippen molar-refractivity contribution in [2.75, 3.05) is 0 Å². The van der Waals surface area contributed by atoms with E-state index in [0.717, 1.165) is 0 Å². The molecule has 0 saturated heterocycles. The van der Waals surface area contributed by atoms with E-state index in [4.69, 9.17) is 4.74 Å². The number of fused-ring (bicyclic) bond motifs is 1. The van der Waals surface area contributed by atoms with Gasteiger partial charge in [-0.2, -0.15) is 0 Å². The summed E-state index contributed by atoms with van der Waals surface area (Å²) in [6.45, 7) is 1.37. The summed E-state index contributed by atoms with van der Waals surface area (Å²) in [5, 5.41) is 10.7. The van der Waals surface area contributed by atoms with Crippen molar-refractivity contribution in [2.24, 2.45) is 0 Å². The average molecular weight is 321 g/mol. The molecule has 0 aromatic heterocycles. The number of carboxylic acids is 1. The van der Waals surface area contributed by atoms with Gasteiger partial charge >= 0.3 is 0 Å². The average Bonchev–Trinajstić information content (AvgIpc) is 2.82. The van der Waals surface area contributed by atoms with Gasteiger partial charge in [-0.1, -0.05) is 36.4 Å². The van der Waals surface area contributed by atoms with Crippen LogP contribution in [-0.4, -0.2) is 23.6 Å². The Morgan fingerprint density at radius 3 is 2.04 bits per heavy atom. The number of carbonyl (C=O) groups is 3. The van der Waals surface area contributed by atoms with Gasteiger partial charge in [0, 0.05) is 11.1 Å². The summed E-state index contributed by atoms with van der Waals surface area (Å²) < 4.78 is 5.18. The molecule has 0 amide bonds. The van der Waals surface area contributed by atoms with Gasteiger partial charge in [0.05, 0.1) is 11.5 Å². The van der Waals surface area contributed by atoms with E-state index in [-0.39, 0.29) is 17.1 Å². The third kappa shape index (κ3) is 2.84. The summed E-state index contributed by atoms with van der Waals surface area (Å²) in [5.41, 5.74) is 1.59. The molecule has 1 aliphatic rings. The highest BCUT2D eigenvalue weighted by Crippen LogP contribution is 2.28. The van der Waals surface area contributed by atoms with Gasteiger partial charge in [0.25, 0.3) is 0 Å². The van der Waals surface area contributed by atoms with E-state index in [1.807, 2.05) is 0 Å². The second-order valence-electron chi connectivity index (χ2n) is 5.41. The lowest BCUT2D eigenvalue weighted by atomic mass is 10.1. The topological polar surface area (TPSA) is 83.5 Å². The van der Waals surface area contributed by atoms with E-state index in [2.05, 4.69) is 0 Å². The Hall–Kier alpha value is -3.21. The van der Waals surface area contributed by atoms with Gasteiger partial charge in [-0.25, -0.2) is 0 Å². The fraction of sp³-hybridized carbons (Fsp3) is 0.105. The summed E-state index contributed by atoms with van der Waals surface area (Å²) in [5.74, 6) is -1.52. The molecule has 1 aliphatic carbocycles. The minimum absolute atomic E-state index is 0.118. The maximum Gasteiger partial charge on any atom is 0.197 e. The summed E-state index contributed by atoms with van der Waals surface area (Å²) in [6, 6.07) is 13.1. The Labute approximate surface area is 138 Å². The predicted molar refractivity (Wildman–Crippen MR) is 84.6 cm³/mol. The normalized spacial score (nSPS) is 14.3. The number of rotatable bonds is 4. The molecule has 24 heavy (non-hydrogen) atoms. The zero-order valence-corrected chi connectivity index (χ0v) is 12.8. The molecule has 2 aromatic rings. The maximum absolute atomic E-state index is 12.3. The van der Waals surface area contributed by atoms with Crippen LogP contribution in [0.2, 0.25) is 0 Å². The zero-order chi connectivity index (χ0) is 17.3. The zero-order valence-electron chi connectivity index (χ0n) is 12.8. The Kier molecular flexibility index (Phi) is 4.00. The number of ether oxygens (including phenoxy) is 1. The van der Waals surface area contributed by atoms with Crippen LogP contribution in [0.4, 0.5) is 0 Å². The molecule has 2 aromatic carbocycles. The van der Waals surface area contributed by atoms with Crippen LogP contribution in [0.15, 0.2) is 54.1 Å². The molecule has 0 aliphatic heterocycles. The molecule has 0 radical (unpaired) electrons. The minimum Gasteiger partial charge on any atom is -0.546 e. The maximum atomic E-state index is 12.3. The number of Topliss-reactive ketones (excluding diaryl/α,β-unsaturated/α-hetero) is 2. The van der Waals surface area contributed by atoms with Gasteiger partial charge in [-0.05, 0) is 30.7 Å². The quantitative estimate of drug-likeness (QED) is 0.632. The van der Waals surface area contributed by atoms with E-state index in [1.165, 1.54) is 13.0 Å². The van der Waals surface area contributed by atoms with Crippen LogP contribution in [0.25, 0.3) is 6.08 Å². The van der Waals surface area contributed by atoms with E-state index in [1.54, 1.807) is 48.5 Å². The fourth-order valence-electron chi connectivity index (χ4n) is 2.47. The van der Waals surface area contributed by atoms with Gasteiger partial charge < -0.3 is 14.6 Å². The molecule has 1 atom stereocenters. The Bertz CT molecular complexity index is 825. The lowest BCUT2D eigenvalue weighted by molar-refractivity contribution is -0.312. The molecular formula is C19H13O5-. The first kappa shape index (κ1) is 15.7. The monoisotopic (exact) mass is 321 g/mol. The summed E-state index contributed by atoms with van der Waals surface area (Å²) >= 11 is 0. The first-order valence-corrected chi connectivity index (χ1v) is 7.35. The van der Waals surface area contributed by atoms with Crippen molar-refractivity contribution >= 4 is 23.6 Å². The van der Waals surface area contributed by atoms with E-state index < -0.39 is 12.1 Å². The minimum atomic E-state index is -1.30. The molecule has 0 fully saturated rings. The van der Waals surface area contributed by atoms with E-state index >= 15 is 0 Å². The SMILES string of the molecule is C[C@H](Oc1ccc(C=C2C(=O)c3ccccc3C2=O)cc1)C(=O)[O-]. The molecule has 0 saturated carbocycles. The third-order valence-corrected chi connectivity index (χ3v) is 3.74. The number of aliphatic carboxylic acids is 1. The van der Waals surface area contributed by atoms with Gasteiger partial charge in [-0.3, -0.25) is 9.59 Å². The molecule has 5 heteroatoms. The van der Waals surface area contributed by atoms with Gasteiger partial charge in [0.2, 0.25) is 0 Å². The summed E-state index contributed by atoms with van der Waals surface area (Å²) in [4.78, 5) is 35.3. The van der Waals surface area contributed by atoms with Crippen LogP contribution in [0.1, 0.15) is 33.2 Å². The van der Waals surface area contributed by atoms with Crippen LogP contribution in [0, 0.1) is 0 Å². The summed E-state index contributed by atoms with van der Waals surface area (Å²) in [6.07, 6.45) is 0.457. The van der Waals surface area contributed by atoms with Crippen LogP contribution in [-0.2, 0) is 4.79 Å². The number of carbonyl (C=O) groups excluding carboxylic acids is 3. The molecule has 5 nitrogen and oxygen atoms in total. The Balaban J connectivity index is 1.84. The van der Waals surface area contributed by atoms with Crippen LogP contribution >= 0.6 is 0 Å². The molecule has 0 spiro atoms. The highest BCUT2D eigenvalue weighted by Gasteiger charge is 2.32. The second-order valence-corrected chi connectivity index (χ2v) is 5.41.